The van der Waals surface area contributed by atoms with E-state index in [-0.39, 0.29) is 23.3 Å². The van der Waals surface area contributed by atoms with Crippen LogP contribution in [0.1, 0.15) is 49.2 Å². The van der Waals surface area contributed by atoms with Crippen molar-refractivity contribution in [2.24, 2.45) is 5.92 Å². The summed E-state index contributed by atoms with van der Waals surface area (Å²) in [6.45, 7) is 2.41. The molecular formula is C35H33BrClF2N7O3. The zero-order chi connectivity index (χ0) is 34.8. The van der Waals surface area contributed by atoms with Gasteiger partial charge in [-0.25, -0.2) is 28.7 Å². The molecule has 0 saturated heterocycles. The number of pyridine rings is 1. The van der Waals surface area contributed by atoms with Crippen molar-refractivity contribution in [2.45, 2.75) is 51.6 Å². The molecule has 1 fully saturated rings. The number of hydrogen-bond donors (Lipinski definition) is 2. The highest BCUT2D eigenvalue weighted by atomic mass is 79.9. The summed E-state index contributed by atoms with van der Waals surface area (Å²) in [6.07, 6.45) is 3.31. The van der Waals surface area contributed by atoms with Gasteiger partial charge in [-0.2, -0.15) is 0 Å². The number of nitrogens with zero attached hydrogens (tertiary/aromatic N) is 6. The smallest absolute Gasteiger partial charge is 0.306 e. The van der Waals surface area contributed by atoms with E-state index in [2.05, 4.69) is 41.1 Å². The largest absolute Gasteiger partial charge is 0.481 e. The van der Waals surface area contributed by atoms with Crippen LogP contribution in [0, 0.1) is 12.8 Å². The van der Waals surface area contributed by atoms with Crippen LogP contribution in [0.4, 0.5) is 20.3 Å². The van der Waals surface area contributed by atoms with Crippen molar-refractivity contribution in [3.05, 3.63) is 81.4 Å². The molecule has 0 radical (unpaired) electrons. The average molecular weight is 753 g/mol. The van der Waals surface area contributed by atoms with Crippen LogP contribution in [-0.4, -0.2) is 61.1 Å². The number of methoxy groups -OCH3 is 1. The van der Waals surface area contributed by atoms with Crippen molar-refractivity contribution in [1.29, 1.82) is 0 Å². The molecule has 0 amide bonds. The summed E-state index contributed by atoms with van der Waals surface area (Å²) in [5.74, 6) is -1.06. The highest BCUT2D eigenvalue weighted by Crippen LogP contribution is 2.40. The minimum atomic E-state index is -2.86. The Kier molecular flexibility index (Phi) is 10.3. The van der Waals surface area contributed by atoms with E-state index in [1.54, 1.807) is 25.6 Å². The number of anilines is 2. The molecule has 2 aromatic carbocycles. The third-order valence-electron chi connectivity index (χ3n) is 8.94. The first-order chi connectivity index (χ1) is 23.5. The van der Waals surface area contributed by atoms with Gasteiger partial charge in [0, 0.05) is 40.1 Å². The number of fused-ring (bicyclic) bond motifs is 1. The van der Waals surface area contributed by atoms with E-state index in [1.165, 1.54) is 0 Å². The van der Waals surface area contributed by atoms with Crippen molar-refractivity contribution in [2.75, 3.05) is 19.5 Å². The normalized spacial score (nSPS) is 16.3. The van der Waals surface area contributed by atoms with Gasteiger partial charge in [0.1, 0.15) is 11.2 Å². The number of carboxylic acid groups (broad SMARTS) is 1. The molecule has 2 N–H and O–H groups in total. The van der Waals surface area contributed by atoms with Gasteiger partial charge in [0.25, 0.3) is 6.43 Å². The predicted molar refractivity (Wildman–Crippen MR) is 187 cm³/mol. The SMILES string of the molecule is COc1nc(-c2cccc(-c3cccc(Nc4nc(C(F)F)nc5cc(Br)cnc45)c3C)c2Cl)cnc1CN(C)C1CCC(C(=O)O)CC1. The fourth-order valence-corrected chi connectivity index (χ4v) is 6.90. The standard InChI is InChI=1S/C35H33BrClF2N7O3/c1-18-22(6-5-9-25(18)42-32-30-26(14-20(36)15-41-30)43-33(45-32)31(38)39)23-7-4-8-24(29(23)37)27-16-40-28(34(44-27)49-3)17-46(2)21-12-10-19(11-13-21)35(47)48/h4-9,14-16,19,21,31H,10-13,17H2,1-3H3,(H,47,48)(H,42,43,45). The zero-order valence-electron chi connectivity index (χ0n) is 26.9. The number of halogens is 4. The van der Waals surface area contributed by atoms with E-state index in [4.69, 9.17) is 26.3 Å². The van der Waals surface area contributed by atoms with Crippen LogP contribution < -0.4 is 10.1 Å². The summed E-state index contributed by atoms with van der Waals surface area (Å²) in [5, 5.41) is 13.0. The maximum Gasteiger partial charge on any atom is 0.306 e. The molecule has 49 heavy (non-hydrogen) atoms. The Morgan fingerprint density at radius 2 is 1.78 bits per heavy atom. The van der Waals surface area contributed by atoms with E-state index in [0.29, 0.717) is 62.9 Å². The van der Waals surface area contributed by atoms with Gasteiger partial charge in [0.05, 0.1) is 35.5 Å². The summed E-state index contributed by atoms with van der Waals surface area (Å²) >= 11 is 10.4. The maximum atomic E-state index is 13.7. The number of benzene rings is 2. The molecule has 254 valence electrons. The molecule has 6 rings (SSSR count). The maximum absolute atomic E-state index is 13.7. The van der Waals surface area contributed by atoms with Crippen LogP contribution in [0.15, 0.2) is 59.3 Å². The monoisotopic (exact) mass is 751 g/mol. The molecule has 14 heteroatoms. The topological polar surface area (TPSA) is 126 Å². The number of aromatic nitrogens is 5. The number of rotatable bonds is 10. The lowest BCUT2D eigenvalue weighted by Crippen LogP contribution is -2.36. The Balaban J connectivity index is 1.28. The highest BCUT2D eigenvalue weighted by molar-refractivity contribution is 9.10. The minimum absolute atomic E-state index is 0.161. The van der Waals surface area contributed by atoms with Crippen LogP contribution in [-0.2, 0) is 11.3 Å². The molecule has 0 unspecified atom stereocenters. The molecule has 3 heterocycles. The van der Waals surface area contributed by atoms with Crippen molar-refractivity contribution in [3.8, 4) is 28.3 Å². The summed E-state index contributed by atoms with van der Waals surface area (Å²) in [7, 11) is 3.56. The third kappa shape index (κ3) is 7.34. The Morgan fingerprint density at radius 3 is 2.49 bits per heavy atom. The second kappa shape index (κ2) is 14.7. The molecule has 5 aromatic rings. The quantitative estimate of drug-likeness (QED) is 0.143. The van der Waals surface area contributed by atoms with Gasteiger partial charge in [-0.3, -0.25) is 14.7 Å². The summed E-state index contributed by atoms with van der Waals surface area (Å²) in [4.78, 5) is 35.5. The lowest BCUT2D eigenvalue weighted by atomic mass is 9.85. The fraction of sp³-hybridized carbons (Fsp3) is 0.314. The fourth-order valence-electron chi connectivity index (χ4n) is 6.25. The van der Waals surface area contributed by atoms with Gasteiger partial charge < -0.3 is 15.2 Å². The molecule has 0 bridgehead atoms. The number of carboxylic acids is 1. The molecule has 1 aliphatic rings. The van der Waals surface area contributed by atoms with Crippen molar-refractivity contribution in [3.63, 3.8) is 0 Å². The Morgan fingerprint density at radius 1 is 1.06 bits per heavy atom. The van der Waals surface area contributed by atoms with Crippen LogP contribution in [0.25, 0.3) is 33.4 Å². The van der Waals surface area contributed by atoms with Crippen LogP contribution >= 0.6 is 27.5 Å². The first-order valence-corrected chi connectivity index (χ1v) is 16.8. The Labute approximate surface area is 295 Å². The Bertz CT molecular complexity index is 2030. The third-order valence-corrected chi connectivity index (χ3v) is 9.78. The molecule has 10 nitrogen and oxygen atoms in total. The molecule has 1 aliphatic carbocycles. The predicted octanol–water partition coefficient (Wildman–Crippen LogP) is 8.64. The van der Waals surface area contributed by atoms with E-state index in [1.807, 2.05) is 50.4 Å². The van der Waals surface area contributed by atoms with Crippen molar-refractivity contribution >= 4 is 56.0 Å². The van der Waals surface area contributed by atoms with Gasteiger partial charge >= 0.3 is 5.97 Å². The van der Waals surface area contributed by atoms with Crippen LogP contribution in [0.5, 0.6) is 5.88 Å². The zero-order valence-corrected chi connectivity index (χ0v) is 29.3. The first kappa shape index (κ1) is 34.5. The van der Waals surface area contributed by atoms with Crippen LogP contribution in [0.2, 0.25) is 5.02 Å². The van der Waals surface area contributed by atoms with Gasteiger partial charge in [-0.05, 0) is 78.8 Å². The van der Waals surface area contributed by atoms with E-state index >= 15 is 0 Å². The van der Waals surface area contributed by atoms with E-state index in [9.17, 15) is 18.7 Å². The number of alkyl halides is 2. The van der Waals surface area contributed by atoms with Gasteiger partial charge in [-0.1, -0.05) is 41.9 Å². The van der Waals surface area contributed by atoms with Crippen LogP contribution in [0.3, 0.4) is 0 Å². The van der Waals surface area contributed by atoms with Crippen molar-refractivity contribution in [1.82, 2.24) is 29.8 Å². The minimum Gasteiger partial charge on any atom is -0.481 e. The number of ether oxygens (including phenoxy) is 1. The first-order valence-electron chi connectivity index (χ1n) is 15.6. The molecule has 0 aliphatic heterocycles. The van der Waals surface area contributed by atoms with E-state index < -0.39 is 18.2 Å². The Hall–Kier alpha value is -4.33. The lowest BCUT2D eigenvalue weighted by molar-refractivity contribution is -0.143. The highest BCUT2D eigenvalue weighted by Gasteiger charge is 2.29. The summed E-state index contributed by atoms with van der Waals surface area (Å²) in [6, 6.07) is 13.1. The van der Waals surface area contributed by atoms with Gasteiger partial charge in [0.2, 0.25) is 5.88 Å². The van der Waals surface area contributed by atoms with Crippen molar-refractivity contribution < 1.29 is 23.4 Å². The average Bonchev–Trinajstić information content (AvgIpc) is 3.09. The molecule has 3 aromatic heterocycles. The number of nitrogens with one attached hydrogen (secondary N) is 1. The molecule has 1 saturated carbocycles. The number of hydrogen-bond acceptors (Lipinski definition) is 9. The lowest BCUT2D eigenvalue weighted by Gasteiger charge is -2.33. The summed E-state index contributed by atoms with van der Waals surface area (Å²) < 4.78 is 33.7. The number of aliphatic carboxylic acids is 1. The van der Waals surface area contributed by atoms with Gasteiger partial charge in [-0.15, -0.1) is 0 Å². The molecule has 0 spiro atoms. The molecule has 0 atom stereocenters. The number of carbonyl (C=O) groups is 1. The second-order valence-corrected chi connectivity index (χ2v) is 13.3. The van der Waals surface area contributed by atoms with E-state index in [0.717, 1.165) is 29.5 Å². The molecular weight excluding hydrogens is 720 g/mol. The summed E-state index contributed by atoms with van der Waals surface area (Å²) in [5.41, 5.74) is 5.50. The second-order valence-electron chi connectivity index (χ2n) is 12.0. The van der Waals surface area contributed by atoms with Gasteiger partial charge in [0.15, 0.2) is 11.6 Å².